The van der Waals surface area contributed by atoms with Crippen LogP contribution < -0.4 is 0 Å². The van der Waals surface area contributed by atoms with Gasteiger partial charge in [-0.25, -0.2) is 4.39 Å². The summed E-state index contributed by atoms with van der Waals surface area (Å²) in [5.41, 5.74) is 0.802. The number of rotatable bonds is 6. The highest BCUT2D eigenvalue weighted by molar-refractivity contribution is 5.78. The number of hydrogen-bond acceptors (Lipinski definition) is 3. The lowest BCUT2D eigenvalue weighted by molar-refractivity contribution is -0.138. The van der Waals surface area contributed by atoms with Crippen LogP contribution in [0.15, 0.2) is 24.3 Å². The predicted octanol–water partition coefficient (Wildman–Crippen LogP) is 2.97. The number of carbonyl (C=O) groups is 1. The van der Waals surface area contributed by atoms with E-state index in [9.17, 15) is 9.18 Å². The Morgan fingerprint density at radius 3 is 2.58 bits per heavy atom. The maximum atomic E-state index is 13.7. The van der Waals surface area contributed by atoms with Crippen LogP contribution in [0.5, 0.6) is 0 Å². The molecule has 0 unspecified atom stereocenters. The lowest BCUT2D eigenvalue weighted by Gasteiger charge is -2.35. The lowest BCUT2D eigenvalue weighted by Crippen LogP contribution is -2.42. The van der Waals surface area contributed by atoms with Crippen molar-refractivity contribution < 1.29 is 13.9 Å². The quantitative estimate of drug-likeness (QED) is 0.780. The molecule has 0 aromatic heterocycles. The minimum atomic E-state index is -0.101. The molecule has 1 aromatic rings. The molecule has 2 aliphatic rings. The van der Waals surface area contributed by atoms with Crippen LogP contribution >= 0.6 is 0 Å². The highest BCUT2D eigenvalue weighted by atomic mass is 19.1. The second kappa shape index (κ2) is 9.47. The first-order valence-corrected chi connectivity index (χ1v) is 9.92. The van der Waals surface area contributed by atoms with Crippen molar-refractivity contribution in [3.63, 3.8) is 0 Å². The number of hydrogen-bond donors (Lipinski definition) is 0. The number of halogens is 1. The van der Waals surface area contributed by atoms with Crippen molar-refractivity contribution >= 4 is 5.91 Å². The molecule has 4 nitrogen and oxygen atoms in total. The second-order valence-corrected chi connectivity index (χ2v) is 7.73. The molecule has 2 aliphatic heterocycles. The van der Waals surface area contributed by atoms with Crippen molar-refractivity contribution in [3.05, 3.63) is 35.6 Å². The number of nitrogens with zero attached hydrogens (tertiary/aromatic N) is 2. The first kappa shape index (κ1) is 19.3. The molecule has 1 amide bonds. The van der Waals surface area contributed by atoms with Gasteiger partial charge >= 0.3 is 0 Å². The fourth-order valence-electron chi connectivity index (χ4n) is 4.11. The highest BCUT2D eigenvalue weighted by Gasteiger charge is 2.27. The number of amides is 1. The SMILES string of the molecule is CN(CC1CCN(CCc2ccccc2F)CC1)C(=O)C1CCOCC1. The fraction of sp³-hybridized carbons (Fsp3) is 0.667. The Labute approximate surface area is 156 Å². The third-order valence-electron chi connectivity index (χ3n) is 5.84. The fourth-order valence-corrected chi connectivity index (χ4v) is 4.11. The predicted molar refractivity (Wildman–Crippen MR) is 100 cm³/mol. The van der Waals surface area contributed by atoms with E-state index in [-0.39, 0.29) is 17.6 Å². The highest BCUT2D eigenvalue weighted by Crippen LogP contribution is 2.22. The van der Waals surface area contributed by atoms with Crippen LogP contribution in [0.25, 0.3) is 0 Å². The molecule has 0 atom stereocenters. The van der Waals surface area contributed by atoms with Gasteiger partial charge in [0.15, 0.2) is 0 Å². The summed E-state index contributed by atoms with van der Waals surface area (Å²) in [7, 11) is 1.95. The standard InChI is InChI=1S/C21H31FN2O2/c1-23(21(25)19-9-14-26-15-10-19)16-17-6-11-24(12-7-17)13-8-18-4-2-3-5-20(18)22/h2-5,17,19H,6-16H2,1H3. The maximum Gasteiger partial charge on any atom is 0.225 e. The molecule has 0 aliphatic carbocycles. The first-order chi connectivity index (χ1) is 12.6. The van der Waals surface area contributed by atoms with Gasteiger partial charge in [-0.3, -0.25) is 4.79 Å². The Morgan fingerprint density at radius 2 is 1.88 bits per heavy atom. The van der Waals surface area contributed by atoms with E-state index >= 15 is 0 Å². The summed E-state index contributed by atoms with van der Waals surface area (Å²) < 4.78 is 19.1. The minimum Gasteiger partial charge on any atom is -0.381 e. The number of carbonyl (C=O) groups excluding carboxylic acids is 1. The largest absolute Gasteiger partial charge is 0.381 e. The van der Waals surface area contributed by atoms with Crippen molar-refractivity contribution in [3.8, 4) is 0 Å². The van der Waals surface area contributed by atoms with Gasteiger partial charge < -0.3 is 14.5 Å². The van der Waals surface area contributed by atoms with E-state index in [0.29, 0.717) is 19.1 Å². The molecular weight excluding hydrogens is 331 g/mol. The van der Waals surface area contributed by atoms with Crippen LogP contribution in [0.2, 0.25) is 0 Å². The molecule has 2 fully saturated rings. The van der Waals surface area contributed by atoms with E-state index in [2.05, 4.69) is 4.90 Å². The van der Waals surface area contributed by atoms with Gasteiger partial charge in [0.1, 0.15) is 5.82 Å². The molecule has 144 valence electrons. The molecular formula is C21H31FN2O2. The van der Waals surface area contributed by atoms with Crippen LogP contribution in [0.1, 0.15) is 31.2 Å². The number of piperidine rings is 1. The van der Waals surface area contributed by atoms with Gasteiger partial charge in [-0.1, -0.05) is 18.2 Å². The summed E-state index contributed by atoms with van der Waals surface area (Å²) in [6, 6.07) is 7.05. The Hall–Kier alpha value is -1.46. The van der Waals surface area contributed by atoms with Gasteiger partial charge in [-0.15, -0.1) is 0 Å². The van der Waals surface area contributed by atoms with E-state index in [1.165, 1.54) is 6.07 Å². The Morgan fingerprint density at radius 1 is 1.19 bits per heavy atom. The van der Waals surface area contributed by atoms with Crippen LogP contribution in [-0.4, -0.2) is 62.1 Å². The number of ether oxygens (including phenoxy) is 1. The van der Waals surface area contributed by atoms with E-state index < -0.39 is 0 Å². The van der Waals surface area contributed by atoms with Crippen molar-refractivity contribution in [2.24, 2.45) is 11.8 Å². The summed E-state index contributed by atoms with van der Waals surface area (Å²) >= 11 is 0. The zero-order valence-corrected chi connectivity index (χ0v) is 15.8. The van der Waals surface area contributed by atoms with Gasteiger partial charge in [0.05, 0.1) is 0 Å². The third kappa shape index (κ3) is 5.27. The molecule has 3 rings (SSSR count). The van der Waals surface area contributed by atoms with Gasteiger partial charge in [0.25, 0.3) is 0 Å². The smallest absolute Gasteiger partial charge is 0.225 e. The summed E-state index contributed by atoms with van der Waals surface area (Å²) in [4.78, 5) is 16.9. The monoisotopic (exact) mass is 362 g/mol. The number of likely N-dealkylation sites (tertiary alicyclic amines) is 1. The number of benzene rings is 1. The third-order valence-corrected chi connectivity index (χ3v) is 5.84. The topological polar surface area (TPSA) is 32.8 Å². The van der Waals surface area contributed by atoms with E-state index in [0.717, 1.165) is 63.8 Å². The molecule has 0 bridgehead atoms. The van der Waals surface area contributed by atoms with Crippen molar-refractivity contribution in [1.82, 2.24) is 9.80 Å². The average molecular weight is 362 g/mol. The minimum absolute atomic E-state index is 0.101. The Kier molecular flexibility index (Phi) is 7.03. The molecule has 5 heteroatoms. The van der Waals surface area contributed by atoms with Crippen LogP contribution in [-0.2, 0) is 16.0 Å². The summed E-state index contributed by atoms with van der Waals surface area (Å²) in [5, 5.41) is 0. The summed E-state index contributed by atoms with van der Waals surface area (Å²) in [5.74, 6) is 0.911. The first-order valence-electron chi connectivity index (χ1n) is 9.92. The molecule has 0 spiro atoms. The second-order valence-electron chi connectivity index (χ2n) is 7.73. The Balaban J connectivity index is 1.38. The van der Waals surface area contributed by atoms with Gasteiger partial charge in [0, 0.05) is 39.3 Å². The summed E-state index contributed by atoms with van der Waals surface area (Å²) in [6.45, 7) is 5.27. The molecule has 2 saturated heterocycles. The van der Waals surface area contributed by atoms with Crippen LogP contribution in [0, 0.1) is 17.7 Å². The van der Waals surface area contributed by atoms with Crippen LogP contribution in [0.3, 0.4) is 0 Å². The normalized spacial score (nSPS) is 20.2. The van der Waals surface area contributed by atoms with Crippen molar-refractivity contribution in [1.29, 1.82) is 0 Å². The lowest BCUT2D eigenvalue weighted by atomic mass is 9.94. The zero-order chi connectivity index (χ0) is 18.4. The molecule has 1 aromatic carbocycles. The van der Waals surface area contributed by atoms with E-state index in [1.807, 2.05) is 24.1 Å². The van der Waals surface area contributed by atoms with Crippen molar-refractivity contribution in [2.75, 3.05) is 46.4 Å². The Bertz CT molecular complexity index is 581. The van der Waals surface area contributed by atoms with Gasteiger partial charge in [-0.05, 0) is 62.7 Å². The van der Waals surface area contributed by atoms with Gasteiger partial charge in [-0.2, -0.15) is 0 Å². The van der Waals surface area contributed by atoms with Crippen LogP contribution in [0.4, 0.5) is 4.39 Å². The molecule has 2 heterocycles. The summed E-state index contributed by atoms with van der Waals surface area (Å²) in [6.07, 6.45) is 4.71. The molecule has 0 saturated carbocycles. The van der Waals surface area contributed by atoms with E-state index in [4.69, 9.17) is 4.74 Å². The average Bonchev–Trinajstić information content (AvgIpc) is 2.68. The molecule has 0 radical (unpaired) electrons. The van der Waals surface area contributed by atoms with E-state index in [1.54, 1.807) is 6.07 Å². The zero-order valence-electron chi connectivity index (χ0n) is 15.8. The van der Waals surface area contributed by atoms with Gasteiger partial charge in [0.2, 0.25) is 5.91 Å². The molecule has 26 heavy (non-hydrogen) atoms. The maximum absolute atomic E-state index is 13.7. The van der Waals surface area contributed by atoms with Crippen molar-refractivity contribution in [2.45, 2.75) is 32.1 Å². The molecule has 0 N–H and O–H groups in total.